The standard InChI is InChI=1S/C11H10Cl2N2/c1-6(14)11-10-7(2-3-15-11)4-8(12)5-9(10)13/h2-6H,14H2,1H3. The Morgan fingerprint density at radius 3 is 2.73 bits per heavy atom. The zero-order valence-electron chi connectivity index (χ0n) is 8.17. The van der Waals surface area contributed by atoms with Gasteiger partial charge in [-0.3, -0.25) is 4.98 Å². The van der Waals surface area contributed by atoms with Crippen LogP contribution in [0.5, 0.6) is 0 Å². The Labute approximate surface area is 98.0 Å². The topological polar surface area (TPSA) is 38.9 Å². The van der Waals surface area contributed by atoms with Gasteiger partial charge < -0.3 is 5.73 Å². The highest BCUT2D eigenvalue weighted by Gasteiger charge is 2.10. The van der Waals surface area contributed by atoms with E-state index in [1.54, 1.807) is 12.3 Å². The summed E-state index contributed by atoms with van der Waals surface area (Å²) in [4.78, 5) is 4.24. The SMILES string of the molecule is CC(N)c1nccc2cc(Cl)cc(Cl)c12. The van der Waals surface area contributed by atoms with Gasteiger partial charge in [0.15, 0.2) is 0 Å². The summed E-state index contributed by atoms with van der Waals surface area (Å²) in [6, 6.07) is 5.29. The van der Waals surface area contributed by atoms with E-state index in [0.717, 1.165) is 16.5 Å². The van der Waals surface area contributed by atoms with Gasteiger partial charge in [0.1, 0.15) is 0 Å². The second-order valence-corrected chi connectivity index (χ2v) is 4.31. The highest BCUT2D eigenvalue weighted by Crippen LogP contribution is 2.31. The molecule has 0 amide bonds. The number of hydrogen-bond acceptors (Lipinski definition) is 2. The number of nitrogens with zero attached hydrogens (tertiary/aromatic N) is 1. The molecule has 78 valence electrons. The highest BCUT2D eigenvalue weighted by molar-refractivity contribution is 6.38. The Hall–Kier alpha value is -0.830. The minimum Gasteiger partial charge on any atom is -0.323 e. The van der Waals surface area contributed by atoms with Crippen LogP contribution >= 0.6 is 23.2 Å². The third-order valence-electron chi connectivity index (χ3n) is 2.24. The maximum Gasteiger partial charge on any atom is 0.0661 e. The van der Waals surface area contributed by atoms with E-state index < -0.39 is 0 Å². The summed E-state index contributed by atoms with van der Waals surface area (Å²) < 4.78 is 0. The average molecular weight is 241 g/mol. The molecule has 15 heavy (non-hydrogen) atoms. The largest absolute Gasteiger partial charge is 0.323 e. The molecular weight excluding hydrogens is 231 g/mol. The molecule has 0 saturated heterocycles. The number of aromatic nitrogens is 1. The molecule has 0 radical (unpaired) electrons. The summed E-state index contributed by atoms with van der Waals surface area (Å²) in [6.07, 6.45) is 1.72. The lowest BCUT2D eigenvalue weighted by Gasteiger charge is -2.10. The van der Waals surface area contributed by atoms with Crippen molar-refractivity contribution in [3.8, 4) is 0 Å². The fourth-order valence-corrected chi connectivity index (χ4v) is 2.21. The van der Waals surface area contributed by atoms with Crippen LogP contribution in [0.1, 0.15) is 18.7 Å². The number of halogens is 2. The van der Waals surface area contributed by atoms with Gasteiger partial charge in [-0.15, -0.1) is 0 Å². The third kappa shape index (κ3) is 1.93. The summed E-state index contributed by atoms with van der Waals surface area (Å²) in [5.41, 5.74) is 6.63. The lowest BCUT2D eigenvalue weighted by atomic mass is 10.1. The number of nitrogens with two attached hydrogens (primary N) is 1. The monoisotopic (exact) mass is 240 g/mol. The van der Waals surface area contributed by atoms with Crippen LogP contribution in [0.4, 0.5) is 0 Å². The van der Waals surface area contributed by atoms with E-state index >= 15 is 0 Å². The number of hydrogen-bond donors (Lipinski definition) is 1. The van der Waals surface area contributed by atoms with Crippen LogP contribution in [0.3, 0.4) is 0 Å². The van der Waals surface area contributed by atoms with Crippen LogP contribution in [0.25, 0.3) is 10.8 Å². The molecule has 0 fully saturated rings. The quantitative estimate of drug-likeness (QED) is 0.828. The van der Waals surface area contributed by atoms with E-state index in [2.05, 4.69) is 4.98 Å². The molecule has 1 heterocycles. The van der Waals surface area contributed by atoms with Crippen LogP contribution in [-0.4, -0.2) is 4.98 Å². The van der Waals surface area contributed by atoms with Gasteiger partial charge in [0, 0.05) is 22.6 Å². The summed E-state index contributed by atoms with van der Waals surface area (Å²) in [7, 11) is 0. The van der Waals surface area contributed by atoms with Gasteiger partial charge in [0.05, 0.1) is 10.7 Å². The van der Waals surface area contributed by atoms with Crippen molar-refractivity contribution < 1.29 is 0 Å². The first-order valence-corrected chi connectivity index (χ1v) is 5.34. The Bertz CT molecular complexity index is 509. The number of rotatable bonds is 1. The van der Waals surface area contributed by atoms with Gasteiger partial charge in [-0.2, -0.15) is 0 Å². The van der Waals surface area contributed by atoms with E-state index in [1.807, 2.05) is 19.1 Å². The maximum absolute atomic E-state index is 6.13. The molecule has 0 aliphatic carbocycles. The second kappa shape index (κ2) is 3.97. The lowest BCUT2D eigenvalue weighted by Crippen LogP contribution is -2.07. The molecule has 1 atom stereocenters. The summed E-state index contributed by atoms with van der Waals surface area (Å²) >= 11 is 12.1. The van der Waals surface area contributed by atoms with E-state index in [-0.39, 0.29) is 6.04 Å². The van der Waals surface area contributed by atoms with Crippen molar-refractivity contribution in [2.45, 2.75) is 13.0 Å². The molecule has 2 N–H and O–H groups in total. The molecule has 0 saturated carbocycles. The molecule has 0 aliphatic heterocycles. The number of pyridine rings is 1. The molecule has 0 spiro atoms. The van der Waals surface area contributed by atoms with Gasteiger partial charge in [-0.05, 0) is 30.5 Å². The molecular formula is C11H10Cl2N2. The van der Waals surface area contributed by atoms with Gasteiger partial charge in [-0.1, -0.05) is 23.2 Å². The zero-order valence-corrected chi connectivity index (χ0v) is 9.68. The highest BCUT2D eigenvalue weighted by atomic mass is 35.5. The molecule has 0 aliphatic rings. The van der Waals surface area contributed by atoms with E-state index in [1.165, 1.54) is 0 Å². The third-order valence-corrected chi connectivity index (χ3v) is 2.76. The van der Waals surface area contributed by atoms with E-state index in [9.17, 15) is 0 Å². The second-order valence-electron chi connectivity index (χ2n) is 3.47. The van der Waals surface area contributed by atoms with E-state index in [0.29, 0.717) is 10.0 Å². The minimum atomic E-state index is -0.146. The molecule has 0 bridgehead atoms. The fourth-order valence-electron chi connectivity index (χ4n) is 1.60. The van der Waals surface area contributed by atoms with E-state index in [4.69, 9.17) is 28.9 Å². The number of fused-ring (bicyclic) bond motifs is 1. The van der Waals surface area contributed by atoms with Gasteiger partial charge in [-0.25, -0.2) is 0 Å². The summed E-state index contributed by atoms with van der Waals surface area (Å²) in [5, 5.41) is 3.07. The predicted octanol–water partition coefficient (Wildman–Crippen LogP) is 3.56. The van der Waals surface area contributed by atoms with Crippen LogP contribution in [0, 0.1) is 0 Å². The lowest BCUT2D eigenvalue weighted by molar-refractivity contribution is 0.791. The van der Waals surface area contributed by atoms with Crippen molar-refractivity contribution in [1.82, 2.24) is 4.98 Å². The van der Waals surface area contributed by atoms with Gasteiger partial charge >= 0.3 is 0 Å². The van der Waals surface area contributed by atoms with Gasteiger partial charge in [0.2, 0.25) is 0 Å². The molecule has 2 nitrogen and oxygen atoms in total. The van der Waals surface area contributed by atoms with Crippen molar-refractivity contribution in [2.75, 3.05) is 0 Å². The first-order chi connectivity index (χ1) is 7.09. The van der Waals surface area contributed by atoms with Crippen LogP contribution in [-0.2, 0) is 0 Å². The Balaban J connectivity index is 2.85. The van der Waals surface area contributed by atoms with Crippen LogP contribution < -0.4 is 5.73 Å². The molecule has 4 heteroatoms. The predicted molar refractivity (Wildman–Crippen MR) is 64.4 cm³/mol. The normalized spacial score (nSPS) is 13.1. The zero-order chi connectivity index (χ0) is 11.0. The average Bonchev–Trinajstić information content (AvgIpc) is 2.16. The number of benzene rings is 1. The summed E-state index contributed by atoms with van der Waals surface area (Å²) in [5.74, 6) is 0. The van der Waals surface area contributed by atoms with Crippen molar-refractivity contribution in [3.63, 3.8) is 0 Å². The Morgan fingerprint density at radius 1 is 1.33 bits per heavy atom. The van der Waals surface area contributed by atoms with Gasteiger partial charge in [0.25, 0.3) is 0 Å². The smallest absolute Gasteiger partial charge is 0.0661 e. The van der Waals surface area contributed by atoms with Crippen molar-refractivity contribution in [2.24, 2.45) is 5.73 Å². The molecule has 1 aromatic carbocycles. The molecule has 2 rings (SSSR count). The van der Waals surface area contributed by atoms with Crippen LogP contribution in [0.2, 0.25) is 10.0 Å². The first kappa shape index (κ1) is 10.7. The van der Waals surface area contributed by atoms with Crippen molar-refractivity contribution in [1.29, 1.82) is 0 Å². The molecule has 1 unspecified atom stereocenters. The Morgan fingerprint density at radius 2 is 2.07 bits per heavy atom. The maximum atomic E-state index is 6.13. The van der Waals surface area contributed by atoms with Crippen molar-refractivity contribution in [3.05, 3.63) is 40.1 Å². The molecule has 2 aromatic rings. The Kier molecular flexibility index (Phi) is 2.83. The summed E-state index contributed by atoms with van der Waals surface area (Å²) in [6.45, 7) is 1.88. The fraction of sp³-hybridized carbons (Fsp3) is 0.182. The first-order valence-electron chi connectivity index (χ1n) is 4.59. The van der Waals surface area contributed by atoms with Crippen LogP contribution in [0.15, 0.2) is 24.4 Å². The minimum absolute atomic E-state index is 0.146. The molecule has 1 aromatic heterocycles. The van der Waals surface area contributed by atoms with Crippen molar-refractivity contribution >= 4 is 34.0 Å².